The number of amides is 3. The Morgan fingerprint density at radius 3 is 2.69 bits per heavy atom. The minimum atomic E-state index is -0.464. The van der Waals surface area contributed by atoms with E-state index in [1.54, 1.807) is 0 Å². The molecular formula is C22H28N4O2S. The Kier molecular flexibility index (Phi) is 6.00. The van der Waals surface area contributed by atoms with Crippen LogP contribution in [0.4, 0.5) is 4.79 Å². The number of urea groups is 1. The fourth-order valence-corrected chi connectivity index (χ4v) is 6.33. The maximum Gasteiger partial charge on any atom is 0.315 e. The summed E-state index contributed by atoms with van der Waals surface area (Å²) in [6.45, 7) is 1.31. The quantitative estimate of drug-likeness (QED) is 0.556. The van der Waals surface area contributed by atoms with Gasteiger partial charge in [-0.25, -0.2) is 4.79 Å². The van der Waals surface area contributed by atoms with Crippen molar-refractivity contribution in [2.75, 3.05) is 18.8 Å². The lowest BCUT2D eigenvalue weighted by atomic mass is 9.74. The molecule has 0 aliphatic carbocycles. The van der Waals surface area contributed by atoms with E-state index in [1.807, 2.05) is 47.0 Å². The minimum absolute atomic E-state index is 0.0467. The lowest BCUT2D eigenvalue weighted by molar-refractivity contribution is -0.132. The van der Waals surface area contributed by atoms with Gasteiger partial charge in [-0.1, -0.05) is 36.8 Å². The predicted octanol–water partition coefficient (Wildman–Crippen LogP) is 2.80. The van der Waals surface area contributed by atoms with Crippen molar-refractivity contribution in [3.05, 3.63) is 35.9 Å². The molecule has 29 heavy (non-hydrogen) atoms. The van der Waals surface area contributed by atoms with Crippen LogP contribution in [0.25, 0.3) is 0 Å². The number of hydrogen-bond donors (Lipinski definition) is 2. The van der Waals surface area contributed by atoms with E-state index in [-0.39, 0.29) is 24.0 Å². The summed E-state index contributed by atoms with van der Waals surface area (Å²) >= 11 is 1.92. The minimum Gasteiger partial charge on any atom is -0.343 e. The predicted molar refractivity (Wildman–Crippen MR) is 114 cm³/mol. The smallest absolute Gasteiger partial charge is 0.315 e. The highest BCUT2D eigenvalue weighted by atomic mass is 32.2. The molecule has 3 aliphatic heterocycles. The van der Waals surface area contributed by atoms with Gasteiger partial charge >= 0.3 is 6.03 Å². The van der Waals surface area contributed by atoms with Gasteiger partial charge in [0, 0.05) is 30.5 Å². The van der Waals surface area contributed by atoms with Crippen LogP contribution in [-0.4, -0.2) is 53.0 Å². The van der Waals surface area contributed by atoms with Crippen LogP contribution in [0.5, 0.6) is 0 Å². The number of carbonyl (C=O) groups is 2. The third kappa shape index (κ3) is 4.23. The van der Waals surface area contributed by atoms with Gasteiger partial charge in [-0.2, -0.15) is 17.0 Å². The summed E-state index contributed by atoms with van der Waals surface area (Å²) in [5.74, 6) is 1.18. The summed E-state index contributed by atoms with van der Waals surface area (Å²) in [6, 6.07) is 12.9. The van der Waals surface area contributed by atoms with Gasteiger partial charge in [0.25, 0.3) is 0 Å². The van der Waals surface area contributed by atoms with Crippen molar-refractivity contribution < 1.29 is 9.59 Å². The standard InChI is InChI=1S/C22H28N4O2S/c23-15-22(16-6-2-1-3-7-16)10-12-26(13-11-22)19(27)9-5-4-8-18-20-17(14-29-18)24-21(28)25-20/h1-3,6-7,17-18,20H,4-5,8-14H2,(H2,24,25,28)/t17-,18-,20-/m0/s1. The second-order valence-electron chi connectivity index (χ2n) is 8.31. The van der Waals surface area contributed by atoms with Crippen LogP contribution in [0.15, 0.2) is 30.3 Å². The van der Waals surface area contributed by atoms with Crippen molar-refractivity contribution in [3.63, 3.8) is 0 Å². The number of carbonyl (C=O) groups excluding carboxylic acids is 2. The zero-order chi connectivity index (χ0) is 20.3. The summed E-state index contributed by atoms with van der Waals surface area (Å²) in [4.78, 5) is 26.0. The van der Waals surface area contributed by atoms with Gasteiger partial charge in [0.2, 0.25) is 5.91 Å². The fraction of sp³-hybridized carbons (Fsp3) is 0.591. The zero-order valence-corrected chi connectivity index (χ0v) is 17.4. The first-order valence-electron chi connectivity index (χ1n) is 10.5. The molecule has 0 radical (unpaired) electrons. The molecule has 1 aromatic carbocycles. The molecule has 4 rings (SSSR count). The lowest BCUT2D eigenvalue weighted by Gasteiger charge is -2.37. The molecule has 7 heteroatoms. The molecule has 3 aliphatic rings. The van der Waals surface area contributed by atoms with Crippen LogP contribution in [0.3, 0.4) is 0 Å². The summed E-state index contributed by atoms with van der Waals surface area (Å²) in [6.07, 6.45) is 4.89. The third-order valence-corrected chi connectivity index (χ3v) is 8.09. The Bertz CT molecular complexity index is 786. The Hall–Kier alpha value is -2.20. The van der Waals surface area contributed by atoms with Crippen molar-refractivity contribution in [1.29, 1.82) is 5.26 Å². The van der Waals surface area contributed by atoms with Crippen molar-refractivity contribution >= 4 is 23.7 Å². The number of rotatable bonds is 6. The number of benzene rings is 1. The molecule has 0 spiro atoms. The van der Waals surface area contributed by atoms with E-state index < -0.39 is 5.41 Å². The molecule has 3 heterocycles. The summed E-state index contributed by atoms with van der Waals surface area (Å²) in [7, 11) is 0. The van der Waals surface area contributed by atoms with Crippen molar-refractivity contribution in [1.82, 2.24) is 15.5 Å². The SMILES string of the molecule is N#CC1(c2ccccc2)CCN(C(=O)CCCC[C@@H]2SC[C@@H]3NC(=O)N[C@@H]32)CC1. The van der Waals surface area contributed by atoms with Crippen LogP contribution >= 0.6 is 11.8 Å². The molecule has 3 fully saturated rings. The first kappa shape index (κ1) is 20.1. The molecular weight excluding hydrogens is 384 g/mol. The van der Waals surface area contributed by atoms with Gasteiger partial charge in [0.15, 0.2) is 0 Å². The molecule has 0 unspecified atom stereocenters. The molecule has 1 aromatic rings. The first-order valence-corrected chi connectivity index (χ1v) is 11.6. The van der Waals surface area contributed by atoms with Crippen LogP contribution in [0, 0.1) is 11.3 Å². The highest BCUT2D eigenvalue weighted by Gasteiger charge is 2.42. The normalized spacial score (nSPS) is 27.6. The average Bonchev–Trinajstić information content (AvgIpc) is 3.31. The van der Waals surface area contributed by atoms with E-state index in [0.29, 0.717) is 37.6 Å². The number of nitrogens with one attached hydrogen (secondary N) is 2. The monoisotopic (exact) mass is 412 g/mol. The maximum atomic E-state index is 12.6. The van der Waals surface area contributed by atoms with Crippen LogP contribution in [-0.2, 0) is 10.2 Å². The number of nitrogens with zero attached hydrogens (tertiary/aromatic N) is 2. The average molecular weight is 413 g/mol. The second-order valence-corrected chi connectivity index (χ2v) is 9.58. The Morgan fingerprint density at radius 2 is 1.97 bits per heavy atom. The maximum absolute atomic E-state index is 12.6. The Labute approximate surface area is 176 Å². The highest BCUT2D eigenvalue weighted by Crippen LogP contribution is 2.35. The van der Waals surface area contributed by atoms with Gasteiger partial charge in [-0.05, 0) is 31.2 Å². The molecule has 3 atom stereocenters. The summed E-state index contributed by atoms with van der Waals surface area (Å²) < 4.78 is 0. The zero-order valence-electron chi connectivity index (χ0n) is 16.6. The third-order valence-electron chi connectivity index (χ3n) is 6.58. The summed E-state index contributed by atoms with van der Waals surface area (Å²) in [5.41, 5.74) is 0.601. The lowest BCUT2D eigenvalue weighted by Crippen LogP contribution is -2.44. The summed E-state index contributed by atoms with van der Waals surface area (Å²) in [5, 5.41) is 16.2. The molecule has 0 saturated carbocycles. The molecule has 3 saturated heterocycles. The molecule has 2 N–H and O–H groups in total. The van der Waals surface area contributed by atoms with Crippen LogP contribution in [0.1, 0.15) is 44.1 Å². The number of likely N-dealkylation sites (tertiary alicyclic amines) is 1. The van der Waals surface area contributed by atoms with Gasteiger partial charge in [0.1, 0.15) is 0 Å². The second kappa shape index (κ2) is 8.66. The van der Waals surface area contributed by atoms with Crippen molar-refractivity contribution in [2.24, 2.45) is 0 Å². The van der Waals surface area contributed by atoms with E-state index in [9.17, 15) is 14.9 Å². The van der Waals surface area contributed by atoms with Crippen molar-refractivity contribution in [2.45, 2.75) is 61.3 Å². The number of thioether (sulfide) groups is 1. The van der Waals surface area contributed by atoms with Gasteiger partial charge in [-0.15, -0.1) is 0 Å². The molecule has 0 bridgehead atoms. The van der Waals surface area contributed by atoms with E-state index in [2.05, 4.69) is 16.7 Å². The van der Waals surface area contributed by atoms with Gasteiger partial charge < -0.3 is 15.5 Å². The van der Waals surface area contributed by atoms with Crippen molar-refractivity contribution in [3.8, 4) is 6.07 Å². The van der Waals surface area contributed by atoms with Gasteiger partial charge in [0.05, 0.1) is 23.6 Å². The molecule has 0 aromatic heterocycles. The Morgan fingerprint density at radius 1 is 1.21 bits per heavy atom. The molecule has 3 amide bonds. The van der Waals surface area contributed by atoms with E-state index in [4.69, 9.17) is 0 Å². The van der Waals surface area contributed by atoms with E-state index >= 15 is 0 Å². The molecule has 6 nitrogen and oxygen atoms in total. The Balaban J connectivity index is 1.20. The number of hydrogen-bond acceptors (Lipinski definition) is 4. The molecule has 154 valence electrons. The van der Waals surface area contributed by atoms with Crippen LogP contribution < -0.4 is 10.6 Å². The van der Waals surface area contributed by atoms with Crippen LogP contribution in [0.2, 0.25) is 0 Å². The number of unbranched alkanes of at least 4 members (excludes halogenated alkanes) is 1. The number of nitriles is 1. The van der Waals surface area contributed by atoms with Gasteiger partial charge in [-0.3, -0.25) is 4.79 Å². The topological polar surface area (TPSA) is 85.2 Å². The first-order chi connectivity index (χ1) is 14.1. The number of fused-ring (bicyclic) bond motifs is 1. The van der Waals surface area contributed by atoms with E-state index in [1.165, 1.54) is 0 Å². The fourth-order valence-electron chi connectivity index (χ4n) is 4.78. The number of piperidine rings is 1. The highest BCUT2D eigenvalue weighted by molar-refractivity contribution is 8.00. The van der Waals surface area contributed by atoms with E-state index in [0.717, 1.165) is 30.6 Å². The largest absolute Gasteiger partial charge is 0.343 e.